The van der Waals surface area contributed by atoms with Crippen LogP contribution in [0.5, 0.6) is 0 Å². The molecule has 0 aromatic carbocycles. The van der Waals surface area contributed by atoms with Crippen molar-refractivity contribution in [2.24, 2.45) is 0 Å². The van der Waals surface area contributed by atoms with E-state index in [0.717, 1.165) is 6.92 Å². The number of carbonyl (C=O) groups is 1. The number of hydrogen-bond donors (Lipinski definition) is 0. The second-order valence-corrected chi connectivity index (χ2v) is 6.04. The van der Waals surface area contributed by atoms with Crippen molar-refractivity contribution in [1.82, 2.24) is 14.8 Å². The molecule has 2 heterocycles. The Morgan fingerprint density at radius 2 is 1.79 bits per heavy atom. The molecule has 4 nitrogen and oxygen atoms in total. The molecule has 1 aromatic heterocycles. The summed E-state index contributed by atoms with van der Waals surface area (Å²) in [7, 11) is 0. The number of Topliss-reactive ketones (excluding diaryl/α,β-unsaturated/α-hetero) is 1. The van der Waals surface area contributed by atoms with Crippen molar-refractivity contribution in [3.05, 3.63) is 11.6 Å². The first kappa shape index (κ1) is 20.6. The molecule has 0 saturated heterocycles. The molecule has 0 fully saturated rings. The van der Waals surface area contributed by atoms with Crippen molar-refractivity contribution in [3.63, 3.8) is 0 Å². The molecule has 0 bridgehead atoms. The number of aryl methyl sites for hydroxylation is 1. The lowest BCUT2D eigenvalue weighted by atomic mass is 10.1. The summed E-state index contributed by atoms with van der Waals surface area (Å²) in [5, 5.41) is 3.93. The smallest absolute Gasteiger partial charge is 0.267 e. The number of carbonyl (C=O) groups excluding carboxylic acids is 1. The third-order valence-corrected chi connectivity index (χ3v) is 3.98. The van der Waals surface area contributed by atoms with Crippen LogP contribution in [0.25, 0.3) is 0 Å². The molecule has 0 N–H and O–H groups in total. The van der Waals surface area contributed by atoms with Gasteiger partial charge in [0.05, 0.1) is 0 Å². The number of fused-ring (bicyclic) bond motifs is 1. The Kier molecular flexibility index (Phi) is 6.92. The third-order valence-electron chi connectivity index (χ3n) is 3.98. The van der Waals surface area contributed by atoms with E-state index in [1.807, 2.05) is 6.92 Å². The number of aromatic nitrogens is 3. The molecule has 24 heavy (non-hydrogen) atoms. The average molecular weight is 351 g/mol. The first-order valence-electron chi connectivity index (χ1n) is 8.30. The molecule has 1 aromatic rings. The monoisotopic (exact) mass is 351 g/mol. The van der Waals surface area contributed by atoms with Gasteiger partial charge in [-0.05, 0) is 12.8 Å². The van der Waals surface area contributed by atoms with E-state index in [1.54, 1.807) is 0 Å². The van der Waals surface area contributed by atoms with Crippen LogP contribution >= 0.6 is 0 Å². The van der Waals surface area contributed by atoms with Crippen molar-refractivity contribution in [1.29, 1.82) is 0 Å². The first-order chi connectivity index (χ1) is 11.1. The van der Waals surface area contributed by atoms with E-state index in [4.69, 9.17) is 0 Å². The van der Waals surface area contributed by atoms with Gasteiger partial charge in [0.2, 0.25) is 17.5 Å². The molecule has 0 saturated carbocycles. The summed E-state index contributed by atoms with van der Waals surface area (Å²) in [4.78, 5) is 15.6. The highest BCUT2D eigenvalue weighted by atomic mass is 19.3. The van der Waals surface area contributed by atoms with Gasteiger partial charge in [-0.15, -0.1) is 5.10 Å². The Hall–Kier alpha value is -1.47. The Labute approximate surface area is 139 Å². The summed E-state index contributed by atoms with van der Waals surface area (Å²) in [5.74, 6) is -4.84. The van der Waals surface area contributed by atoms with Crippen molar-refractivity contribution >= 4 is 5.78 Å². The molecule has 1 aliphatic rings. The Morgan fingerprint density at radius 3 is 2.21 bits per heavy atom. The zero-order valence-corrected chi connectivity index (χ0v) is 14.6. The zero-order chi connectivity index (χ0) is 18.5. The van der Waals surface area contributed by atoms with Crippen molar-refractivity contribution in [2.45, 2.75) is 84.1 Å². The van der Waals surface area contributed by atoms with Crippen molar-refractivity contribution in [2.75, 3.05) is 0 Å². The van der Waals surface area contributed by atoms with Gasteiger partial charge in [0, 0.05) is 32.6 Å². The van der Waals surface area contributed by atoms with Crippen LogP contribution in [0, 0.1) is 0 Å². The molecular weight excluding hydrogens is 326 g/mol. The minimum atomic E-state index is -2.83. The van der Waals surface area contributed by atoms with Gasteiger partial charge < -0.3 is 0 Å². The van der Waals surface area contributed by atoms with Gasteiger partial charge >= 0.3 is 0 Å². The predicted molar refractivity (Wildman–Crippen MR) is 82.8 cm³/mol. The summed E-state index contributed by atoms with van der Waals surface area (Å²) in [6.07, 6.45) is 1.78. The van der Waals surface area contributed by atoms with E-state index in [-0.39, 0.29) is 24.4 Å². The lowest BCUT2D eigenvalue weighted by Gasteiger charge is -2.18. The highest BCUT2D eigenvalue weighted by Crippen LogP contribution is 2.36. The van der Waals surface area contributed by atoms with Gasteiger partial charge in [-0.25, -0.2) is 27.2 Å². The summed E-state index contributed by atoms with van der Waals surface area (Å²) >= 11 is 0. The lowest BCUT2D eigenvalue weighted by molar-refractivity contribution is -0.0339. The Balaban J connectivity index is 0.000000351. The van der Waals surface area contributed by atoms with Gasteiger partial charge in [0.1, 0.15) is 11.9 Å². The van der Waals surface area contributed by atoms with Gasteiger partial charge in [0.15, 0.2) is 0 Å². The second-order valence-electron chi connectivity index (χ2n) is 6.04. The summed E-state index contributed by atoms with van der Waals surface area (Å²) in [6.45, 7) is 5.74. The van der Waals surface area contributed by atoms with E-state index >= 15 is 0 Å². The number of rotatable bonds is 6. The molecule has 8 heteroatoms. The maximum absolute atomic E-state index is 13.3. The minimum Gasteiger partial charge on any atom is -0.291 e. The van der Waals surface area contributed by atoms with Crippen molar-refractivity contribution < 1.29 is 22.4 Å². The third kappa shape index (κ3) is 5.27. The van der Waals surface area contributed by atoms with Crippen LogP contribution in [0.4, 0.5) is 17.6 Å². The van der Waals surface area contributed by atoms with Crippen LogP contribution in [-0.4, -0.2) is 32.4 Å². The maximum Gasteiger partial charge on any atom is 0.267 e. The van der Waals surface area contributed by atoms with E-state index in [2.05, 4.69) is 10.1 Å². The topological polar surface area (TPSA) is 47.8 Å². The highest BCUT2D eigenvalue weighted by Gasteiger charge is 2.41. The second kappa shape index (κ2) is 8.07. The van der Waals surface area contributed by atoms with Crippen LogP contribution < -0.4 is 0 Å². The van der Waals surface area contributed by atoms with Gasteiger partial charge in [0.25, 0.3) is 5.92 Å². The molecule has 0 aliphatic carbocycles. The molecule has 1 aliphatic heterocycles. The molecule has 2 rings (SSSR count). The van der Waals surface area contributed by atoms with Crippen molar-refractivity contribution in [3.8, 4) is 0 Å². The molecular formula is C16H25F4N3O. The number of alkyl halides is 4. The fourth-order valence-corrected chi connectivity index (χ4v) is 2.34. The van der Waals surface area contributed by atoms with Crippen LogP contribution in [-0.2, 0) is 6.42 Å². The first-order valence-corrected chi connectivity index (χ1v) is 8.30. The summed E-state index contributed by atoms with van der Waals surface area (Å²) in [6, 6.07) is -0.965. The number of ketones is 1. The molecule has 0 amide bonds. The minimum absolute atomic E-state index is 0.0382. The van der Waals surface area contributed by atoms with E-state index in [0.29, 0.717) is 31.5 Å². The molecule has 0 spiro atoms. The molecule has 1 unspecified atom stereocenters. The summed E-state index contributed by atoms with van der Waals surface area (Å²) in [5.41, 5.74) is 0. The van der Waals surface area contributed by atoms with Crippen LogP contribution in [0.2, 0.25) is 0 Å². The normalized spacial score (nSPS) is 17.2. The fourth-order valence-electron chi connectivity index (χ4n) is 2.34. The standard InChI is InChI=1S/C11H15F2N3O.C5H10F2/c1-3-4-7(17)10-14-9-6-5-8(11(2,12)13)16(9)15-10;1-3-5(6,7)4-2/h8H,3-6H2,1-2H3;3-4H2,1-2H3. The van der Waals surface area contributed by atoms with Crippen LogP contribution in [0.1, 0.15) is 82.3 Å². The summed E-state index contributed by atoms with van der Waals surface area (Å²) < 4.78 is 51.6. The van der Waals surface area contributed by atoms with Gasteiger partial charge in [-0.2, -0.15) is 0 Å². The highest BCUT2D eigenvalue weighted by molar-refractivity contribution is 5.92. The fraction of sp³-hybridized carbons (Fsp3) is 0.812. The molecule has 1 atom stereocenters. The SMILES string of the molecule is CCC(F)(F)CC.CCCC(=O)c1nc2n(n1)C(C(C)(F)F)CC2. The van der Waals surface area contributed by atoms with Crippen LogP contribution in [0.15, 0.2) is 0 Å². The Bertz CT molecular complexity index is 546. The molecule has 0 radical (unpaired) electrons. The quantitative estimate of drug-likeness (QED) is 0.544. The molecule has 138 valence electrons. The average Bonchev–Trinajstić information content (AvgIpc) is 3.07. The van der Waals surface area contributed by atoms with E-state index < -0.39 is 17.9 Å². The number of halogens is 4. The largest absolute Gasteiger partial charge is 0.291 e. The maximum atomic E-state index is 13.3. The predicted octanol–water partition coefficient (Wildman–Crippen LogP) is 4.85. The number of hydrogen-bond acceptors (Lipinski definition) is 3. The van der Waals surface area contributed by atoms with Gasteiger partial charge in [-0.1, -0.05) is 20.8 Å². The lowest BCUT2D eigenvalue weighted by Crippen LogP contribution is -2.26. The van der Waals surface area contributed by atoms with Gasteiger partial charge in [-0.3, -0.25) is 4.79 Å². The van der Waals surface area contributed by atoms with E-state index in [1.165, 1.54) is 18.5 Å². The van der Waals surface area contributed by atoms with E-state index in [9.17, 15) is 22.4 Å². The zero-order valence-electron chi connectivity index (χ0n) is 14.6. The number of nitrogens with zero attached hydrogens (tertiary/aromatic N) is 3. The van der Waals surface area contributed by atoms with Crippen LogP contribution in [0.3, 0.4) is 0 Å². The Morgan fingerprint density at radius 1 is 1.21 bits per heavy atom.